The van der Waals surface area contributed by atoms with Crippen molar-refractivity contribution in [3.63, 3.8) is 0 Å². The van der Waals surface area contributed by atoms with Crippen LogP contribution in [0.3, 0.4) is 0 Å². The summed E-state index contributed by atoms with van der Waals surface area (Å²) in [7, 11) is 0. The lowest BCUT2D eigenvalue weighted by atomic mass is 10.1. The molecule has 3 nitrogen and oxygen atoms in total. The molecule has 2 aromatic rings. The predicted molar refractivity (Wildman–Crippen MR) is 75.9 cm³/mol. The molecule has 21 heavy (non-hydrogen) atoms. The zero-order chi connectivity index (χ0) is 15.0. The lowest BCUT2D eigenvalue weighted by molar-refractivity contribution is -0.286. The van der Waals surface area contributed by atoms with Crippen LogP contribution in [0.15, 0.2) is 36.4 Å². The smallest absolute Gasteiger partial charge is 0.395 e. The molecule has 1 aliphatic rings. The Morgan fingerprint density at radius 2 is 1.76 bits per heavy atom. The number of hydrogen-bond donors (Lipinski definition) is 1. The molecule has 1 heterocycles. The lowest BCUT2D eigenvalue weighted by Crippen LogP contribution is -2.25. The van der Waals surface area contributed by atoms with Gasteiger partial charge in [-0.1, -0.05) is 23.8 Å². The Morgan fingerprint density at radius 1 is 1.00 bits per heavy atom. The second kappa shape index (κ2) is 4.91. The first-order chi connectivity index (χ1) is 9.93. The van der Waals surface area contributed by atoms with E-state index in [1.165, 1.54) is 23.3 Å². The topological polar surface area (TPSA) is 30.5 Å². The number of benzene rings is 2. The molecule has 0 saturated heterocycles. The first-order valence-corrected chi connectivity index (χ1v) is 6.63. The van der Waals surface area contributed by atoms with Crippen molar-refractivity contribution in [3.8, 4) is 11.5 Å². The fourth-order valence-corrected chi connectivity index (χ4v) is 2.30. The summed E-state index contributed by atoms with van der Waals surface area (Å²) in [5.74, 6) is 0.0997. The van der Waals surface area contributed by atoms with Gasteiger partial charge in [0.15, 0.2) is 11.5 Å². The summed E-state index contributed by atoms with van der Waals surface area (Å²) < 4.78 is 34.7. The molecule has 0 unspecified atom stereocenters. The van der Waals surface area contributed by atoms with Crippen LogP contribution >= 0.6 is 0 Å². The van der Waals surface area contributed by atoms with E-state index in [4.69, 9.17) is 0 Å². The average Bonchev–Trinajstić information content (AvgIpc) is 2.70. The second-order valence-electron chi connectivity index (χ2n) is 5.11. The maximum absolute atomic E-state index is 12.9. The van der Waals surface area contributed by atoms with E-state index in [1.54, 1.807) is 6.07 Å². The molecule has 3 rings (SSSR count). The Labute approximate surface area is 121 Å². The van der Waals surface area contributed by atoms with Crippen LogP contribution in [0.25, 0.3) is 0 Å². The highest BCUT2D eigenvalue weighted by molar-refractivity contribution is 5.56. The molecular formula is C16H15F2NO2. The molecular weight excluding hydrogens is 276 g/mol. The van der Waals surface area contributed by atoms with Crippen LogP contribution in [0.2, 0.25) is 0 Å². The number of nitrogens with one attached hydrogen (secondary N) is 1. The van der Waals surface area contributed by atoms with Crippen LogP contribution in [-0.2, 0) is 6.54 Å². The molecule has 0 spiro atoms. The van der Waals surface area contributed by atoms with Crippen LogP contribution in [0, 0.1) is 13.8 Å². The minimum Gasteiger partial charge on any atom is -0.395 e. The van der Waals surface area contributed by atoms with E-state index in [9.17, 15) is 8.78 Å². The zero-order valence-electron chi connectivity index (χ0n) is 11.7. The number of aryl methyl sites for hydroxylation is 2. The molecule has 0 aromatic heterocycles. The van der Waals surface area contributed by atoms with Crippen molar-refractivity contribution in [2.75, 3.05) is 5.32 Å². The fraction of sp³-hybridized carbons (Fsp3) is 0.250. The van der Waals surface area contributed by atoms with Gasteiger partial charge in [0.25, 0.3) is 0 Å². The minimum absolute atomic E-state index is 0.0469. The molecule has 0 atom stereocenters. The Bertz CT molecular complexity index is 686. The molecule has 1 aliphatic heterocycles. The Balaban J connectivity index is 1.72. The van der Waals surface area contributed by atoms with Crippen molar-refractivity contribution < 1.29 is 18.3 Å². The Hall–Kier alpha value is -2.30. The summed E-state index contributed by atoms with van der Waals surface area (Å²) in [6, 6.07) is 10.9. The maximum Gasteiger partial charge on any atom is 0.586 e. The Kier molecular flexibility index (Phi) is 3.20. The van der Waals surface area contributed by atoms with Gasteiger partial charge in [-0.3, -0.25) is 0 Å². The third-order valence-electron chi connectivity index (χ3n) is 3.38. The molecule has 2 aromatic carbocycles. The van der Waals surface area contributed by atoms with Crippen molar-refractivity contribution in [1.29, 1.82) is 0 Å². The molecule has 5 heteroatoms. The number of halogens is 2. The standard InChI is InChI=1S/C16H15F2NO2/c1-10-3-4-12(11(2)7-10)9-19-13-5-6-14-15(8-13)21-16(17,18)20-14/h3-8,19H,9H2,1-2H3. The van der Waals surface area contributed by atoms with Gasteiger partial charge in [0.2, 0.25) is 0 Å². The van der Waals surface area contributed by atoms with E-state index in [0.717, 1.165) is 5.56 Å². The van der Waals surface area contributed by atoms with Crippen molar-refractivity contribution >= 4 is 5.69 Å². The quantitative estimate of drug-likeness (QED) is 0.917. The van der Waals surface area contributed by atoms with Crippen LogP contribution in [0.5, 0.6) is 11.5 Å². The molecule has 0 bridgehead atoms. The number of ether oxygens (including phenoxy) is 2. The van der Waals surface area contributed by atoms with Gasteiger partial charge in [-0.25, -0.2) is 0 Å². The third-order valence-corrected chi connectivity index (χ3v) is 3.38. The molecule has 0 radical (unpaired) electrons. The van der Waals surface area contributed by atoms with Gasteiger partial charge < -0.3 is 14.8 Å². The highest BCUT2D eigenvalue weighted by Gasteiger charge is 2.43. The first kappa shape index (κ1) is 13.7. The molecule has 0 amide bonds. The van der Waals surface area contributed by atoms with E-state index < -0.39 is 6.29 Å². The van der Waals surface area contributed by atoms with Gasteiger partial charge in [-0.2, -0.15) is 0 Å². The van der Waals surface area contributed by atoms with Crippen LogP contribution in [0.4, 0.5) is 14.5 Å². The summed E-state index contributed by atoms with van der Waals surface area (Å²) >= 11 is 0. The van der Waals surface area contributed by atoms with E-state index in [-0.39, 0.29) is 11.5 Å². The third kappa shape index (κ3) is 2.91. The van der Waals surface area contributed by atoms with Crippen LogP contribution in [-0.4, -0.2) is 6.29 Å². The highest BCUT2D eigenvalue weighted by Crippen LogP contribution is 2.42. The number of anilines is 1. The second-order valence-corrected chi connectivity index (χ2v) is 5.11. The number of fused-ring (bicyclic) bond motifs is 1. The fourth-order valence-electron chi connectivity index (χ4n) is 2.30. The van der Waals surface area contributed by atoms with Gasteiger partial charge in [0, 0.05) is 18.3 Å². The summed E-state index contributed by atoms with van der Waals surface area (Å²) in [5, 5.41) is 3.20. The van der Waals surface area contributed by atoms with Crippen LogP contribution in [0.1, 0.15) is 16.7 Å². The summed E-state index contributed by atoms with van der Waals surface area (Å²) in [5.41, 5.74) is 4.26. The average molecular weight is 291 g/mol. The van der Waals surface area contributed by atoms with Gasteiger partial charge in [0.05, 0.1) is 0 Å². The number of rotatable bonds is 3. The summed E-state index contributed by atoms with van der Waals surface area (Å²) in [6.07, 6.45) is -3.57. The van der Waals surface area contributed by atoms with Crippen molar-refractivity contribution in [2.45, 2.75) is 26.7 Å². The minimum atomic E-state index is -3.57. The van der Waals surface area contributed by atoms with E-state index >= 15 is 0 Å². The summed E-state index contributed by atoms with van der Waals surface area (Å²) in [6.45, 7) is 4.70. The molecule has 110 valence electrons. The largest absolute Gasteiger partial charge is 0.586 e. The van der Waals surface area contributed by atoms with Gasteiger partial charge in [0.1, 0.15) is 0 Å². The monoisotopic (exact) mass is 291 g/mol. The maximum atomic E-state index is 12.9. The Morgan fingerprint density at radius 3 is 2.52 bits per heavy atom. The van der Waals surface area contributed by atoms with Crippen LogP contribution < -0.4 is 14.8 Å². The normalized spacial score (nSPS) is 15.0. The van der Waals surface area contributed by atoms with E-state index in [0.29, 0.717) is 12.2 Å². The van der Waals surface area contributed by atoms with Gasteiger partial charge in [-0.05, 0) is 37.1 Å². The summed E-state index contributed by atoms with van der Waals surface area (Å²) in [4.78, 5) is 0. The number of alkyl halides is 2. The molecule has 0 aliphatic carbocycles. The highest BCUT2D eigenvalue weighted by atomic mass is 19.3. The first-order valence-electron chi connectivity index (χ1n) is 6.63. The number of hydrogen-bond acceptors (Lipinski definition) is 3. The van der Waals surface area contributed by atoms with Crippen molar-refractivity contribution in [1.82, 2.24) is 0 Å². The van der Waals surface area contributed by atoms with Crippen molar-refractivity contribution in [2.24, 2.45) is 0 Å². The van der Waals surface area contributed by atoms with Crippen molar-refractivity contribution in [3.05, 3.63) is 53.1 Å². The predicted octanol–water partition coefficient (Wildman–Crippen LogP) is 4.24. The SMILES string of the molecule is Cc1ccc(CNc2ccc3c(c2)OC(F)(F)O3)c(C)c1. The molecule has 0 fully saturated rings. The molecule has 0 saturated carbocycles. The van der Waals surface area contributed by atoms with E-state index in [2.05, 4.69) is 26.9 Å². The lowest BCUT2D eigenvalue weighted by Gasteiger charge is -2.10. The van der Waals surface area contributed by atoms with Gasteiger partial charge in [-0.15, -0.1) is 8.78 Å². The van der Waals surface area contributed by atoms with E-state index in [1.807, 2.05) is 19.9 Å². The molecule has 1 N–H and O–H groups in total. The zero-order valence-corrected chi connectivity index (χ0v) is 11.7. The van der Waals surface area contributed by atoms with Gasteiger partial charge >= 0.3 is 6.29 Å².